The number of allylic oxidation sites excluding steroid dienone is 4. The van der Waals surface area contributed by atoms with Crippen LogP contribution in [0.3, 0.4) is 0 Å². The highest BCUT2D eigenvalue weighted by atomic mass is 32.2. The number of likely N-dealkylation sites (tertiary alicyclic amines) is 1. The molecule has 0 amide bonds. The average molecular weight is 519 g/mol. The van der Waals surface area contributed by atoms with Gasteiger partial charge in [-0.1, -0.05) is 23.8 Å². The standard InChI is InChI=1S/C30H37N3O3S/c1-20-5-3-6-21(2)29(20)27-15-28(32-19-31-27)36-25-13-23(22-7-4-8-26(14-22)37(34)35)9-12-33(18-25)24-16-30(17-24)10-11-30/h4-5,7-8,14-15,19,23-25H,3,6,9-13,16-18H2,1-2H3,(H,34,35)/p-1/t23?,25-/m0/s1. The van der Waals surface area contributed by atoms with Crippen LogP contribution in [0.4, 0.5) is 0 Å². The third-order valence-electron chi connectivity index (χ3n) is 9.06. The van der Waals surface area contributed by atoms with Gasteiger partial charge in [-0.25, -0.2) is 9.97 Å². The summed E-state index contributed by atoms with van der Waals surface area (Å²) in [6.07, 6.45) is 13.3. The maximum atomic E-state index is 11.6. The van der Waals surface area contributed by atoms with Crippen LogP contribution in [0.15, 0.2) is 58.8 Å². The maximum Gasteiger partial charge on any atom is 0.217 e. The molecule has 0 radical (unpaired) electrons. The van der Waals surface area contributed by atoms with E-state index in [-0.39, 0.29) is 12.0 Å². The van der Waals surface area contributed by atoms with E-state index in [1.54, 1.807) is 12.4 Å². The fourth-order valence-electron chi connectivity index (χ4n) is 6.76. The predicted octanol–water partition coefficient (Wildman–Crippen LogP) is 5.80. The van der Waals surface area contributed by atoms with Crippen LogP contribution in [-0.4, -0.2) is 48.9 Å². The van der Waals surface area contributed by atoms with Gasteiger partial charge < -0.3 is 9.29 Å². The molecule has 3 atom stereocenters. The lowest BCUT2D eigenvalue weighted by Gasteiger charge is -2.44. The van der Waals surface area contributed by atoms with Gasteiger partial charge in [0.25, 0.3) is 0 Å². The summed E-state index contributed by atoms with van der Waals surface area (Å²) in [6, 6.07) is 10.0. The highest BCUT2D eigenvalue weighted by molar-refractivity contribution is 7.79. The number of hydrogen-bond acceptors (Lipinski definition) is 6. The molecule has 1 spiro atoms. The fourth-order valence-corrected chi connectivity index (χ4v) is 7.18. The molecule has 1 saturated heterocycles. The lowest BCUT2D eigenvalue weighted by molar-refractivity contribution is 0.0384. The van der Waals surface area contributed by atoms with Crippen LogP contribution in [0.1, 0.15) is 82.4 Å². The summed E-state index contributed by atoms with van der Waals surface area (Å²) in [4.78, 5) is 12.1. The van der Waals surface area contributed by atoms with E-state index in [1.807, 2.05) is 18.2 Å². The Labute approximate surface area is 222 Å². The minimum Gasteiger partial charge on any atom is -0.768 e. The highest BCUT2D eigenvalue weighted by Crippen LogP contribution is 2.62. The Morgan fingerprint density at radius 1 is 1.16 bits per heavy atom. The SMILES string of the molecule is CC1=CCCC(C)=C1c1cc(O[C@H]2CC(c3cccc(S(=O)[O-])c3)CCN(C3CC4(CC4)C3)C2)ncn1. The van der Waals surface area contributed by atoms with Crippen molar-refractivity contribution in [2.45, 2.75) is 88.2 Å². The average Bonchev–Trinajstić information content (AvgIpc) is 3.68. The summed E-state index contributed by atoms with van der Waals surface area (Å²) in [6.45, 7) is 6.24. The van der Waals surface area contributed by atoms with Gasteiger partial charge in [0.1, 0.15) is 12.4 Å². The van der Waals surface area contributed by atoms with Crippen molar-refractivity contribution in [2.75, 3.05) is 13.1 Å². The fraction of sp³-hybridized carbons (Fsp3) is 0.533. The molecule has 7 heteroatoms. The van der Waals surface area contributed by atoms with E-state index in [0.29, 0.717) is 22.2 Å². The number of nitrogens with zero attached hydrogens (tertiary/aromatic N) is 3. The van der Waals surface area contributed by atoms with E-state index >= 15 is 0 Å². The molecule has 3 aliphatic carbocycles. The zero-order valence-corrected chi connectivity index (χ0v) is 22.6. The summed E-state index contributed by atoms with van der Waals surface area (Å²) in [5, 5.41) is 0. The second kappa shape index (κ2) is 10.1. The van der Waals surface area contributed by atoms with Crippen LogP contribution in [0.2, 0.25) is 0 Å². The zero-order valence-electron chi connectivity index (χ0n) is 21.8. The minimum atomic E-state index is -2.23. The Balaban J connectivity index is 1.25. The molecule has 6 rings (SSSR count). The Kier molecular flexibility index (Phi) is 6.80. The molecular formula is C30H36N3O3S-. The Morgan fingerprint density at radius 2 is 2.00 bits per heavy atom. The molecule has 3 fully saturated rings. The van der Waals surface area contributed by atoms with Crippen molar-refractivity contribution in [3.63, 3.8) is 0 Å². The molecule has 1 aromatic carbocycles. The molecule has 2 aromatic rings. The summed E-state index contributed by atoms with van der Waals surface area (Å²) in [5.41, 5.74) is 6.50. The molecule has 2 heterocycles. The third kappa shape index (κ3) is 5.31. The monoisotopic (exact) mass is 518 g/mol. The Bertz CT molecular complexity index is 1260. The molecule has 37 heavy (non-hydrogen) atoms. The first-order chi connectivity index (χ1) is 17.9. The van der Waals surface area contributed by atoms with E-state index in [2.05, 4.69) is 40.9 Å². The second-order valence-corrected chi connectivity index (χ2v) is 12.6. The van der Waals surface area contributed by atoms with Crippen molar-refractivity contribution in [3.05, 3.63) is 65.1 Å². The van der Waals surface area contributed by atoms with Crippen LogP contribution < -0.4 is 4.74 Å². The van der Waals surface area contributed by atoms with Gasteiger partial charge in [0.2, 0.25) is 5.88 Å². The van der Waals surface area contributed by atoms with Crippen LogP contribution in [0, 0.1) is 5.41 Å². The summed E-state index contributed by atoms with van der Waals surface area (Å²) >= 11 is -2.23. The third-order valence-corrected chi connectivity index (χ3v) is 9.70. The number of benzene rings is 1. The number of ether oxygens (including phenoxy) is 1. The van der Waals surface area contributed by atoms with Gasteiger partial charge in [0, 0.05) is 29.1 Å². The number of rotatable bonds is 6. The van der Waals surface area contributed by atoms with Gasteiger partial charge in [0.15, 0.2) is 0 Å². The van der Waals surface area contributed by atoms with Crippen molar-refractivity contribution in [3.8, 4) is 5.88 Å². The quantitative estimate of drug-likeness (QED) is 0.450. The molecule has 6 nitrogen and oxygen atoms in total. The van der Waals surface area contributed by atoms with Crippen molar-refractivity contribution in [1.82, 2.24) is 14.9 Å². The number of aromatic nitrogens is 2. The van der Waals surface area contributed by atoms with Gasteiger partial charge in [-0.3, -0.25) is 9.11 Å². The normalized spacial score (nSPS) is 26.8. The van der Waals surface area contributed by atoms with Crippen molar-refractivity contribution < 1.29 is 13.5 Å². The zero-order chi connectivity index (χ0) is 25.6. The highest BCUT2D eigenvalue weighted by Gasteiger charge is 2.54. The summed E-state index contributed by atoms with van der Waals surface area (Å²) in [5.74, 6) is 0.860. The first-order valence-corrected chi connectivity index (χ1v) is 14.8. The van der Waals surface area contributed by atoms with Crippen molar-refractivity contribution in [2.24, 2.45) is 5.41 Å². The van der Waals surface area contributed by atoms with Crippen LogP contribution in [0.5, 0.6) is 5.88 Å². The maximum absolute atomic E-state index is 11.6. The van der Waals surface area contributed by atoms with Crippen LogP contribution >= 0.6 is 0 Å². The van der Waals surface area contributed by atoms with Crippen molar-refractivity contribution in [1.29, 1.82) is 0 Å². The van der Waals surface area contributed by atoms with E-state index in [9.17, 15) is 8.76 Å². The van der Waals surface area contributed by atoms with Gasteiger partial charge >= 0.3 is 0 Å². The smallest absolute Gasteiger partial charge is 0.217 e. The molecule has 1 aliphatic heterocycles. The topological polar surface area (TPSA) is 78.4 Å². The molecule has 4 aliphatic rings. The second-order valence-electron chi connectivity index (χ2n) is 11.6. The molecule has 1 aromatic heterocycles. The first kappa shape index (κ1) is 25.0. The molecule has 196 valence electrons. The van der Waals surface area contributed by atoms with E-state index in [1.165, 1.54) is 42.4 Å². The van der Waals surface area contributed by atoms with Gasteiger partial charge in [-0.15, -0.1) is 0 Å². The van der Waals surface area contributed by atoms with Crippen LogP contribution in [0.25, 0.3) is 5.57 Å². The van der Waals surface area contributed by atoms with E-state index in [4.69, 9.17) is 4.74 Å². The molecule has 0 bridgehead atoms. The first-order valence-electron chi connectivity index (χ1n) is 13.7. The van der Waals surface area contributed by atoms with Crippen molar-refractivity contribution >= 4 is 16.7 Å². The minimum absolute atomic E-state index is 0.0227. The molecule has 0 N–H and O–H groups in total. The summed E-state index contributed by atoms with van der Waals surface area (Å²) < 4.78 is 29.9. The van der Waals surface area contributed by atoms with Crippen LogP contribution in [-0.2, 0) is 11.1 Å². The largest absolute Gasteiger partial charge is 0.768 e. The Hall–Kier alpha value is -2.35. The molecule has 2 unspecified atom stereocenters. The van der Waals surface area contributed by atoms with E-state index < -0.39 is 11.1 Å². The van der Waals surface area contributed by atoms with E-state index in [0.717, 1.165) is 50.0 Å². The Morgan fingerprint density at radius 3 is 2.76 bits per heavy atom. The number of hydrogen-bond donors (Lipinski definition) is 0. The van der Waals surface area contributed by atoms with Gasteiger partial charge in [-0.05, 0) is 117 Å². The molecule has 2 saturated carbocycles. The predicted molar refractivity (Wildman–Crippen MR) is 144 cm³/mol. The molecular weight excluding hydrogens is 482 g/mol. The van der Waals surface area contributed by atoms with Gasteiger partial charge in [0.05, 0.1) is 5.69 Å². The lowest BCUT2D eigenvalue weighted by atomic mass is 9.76. The lowest BCUT2D eigenvalue weighted by Crippen LogP contribution is -2.48. The summed E-state index contributed by atoms with van der Waals surface area (Å²) in [7, 11) is 0. The van der Waals surface area contributed by atoms with Gasteiger partial charge in [-0.2, -0.15) is 0 Å².